The van der Waals surface area contributed by atoms with E-state index < -0.39 is 6.10 Å². The second-order valence-corrected chi connectivity index (χ2v) is 5.84. The van der Waals surface area contributed by atoms with Crippen molar-refractivity contribution in [2.45, 2.75) is 26.5 Å². The fourth-order valence-electron chi connectivity index (χ4n) is 2.77. The minimum Gasteiger partial charge on any atom is -0.494 e. The van der Waals surface area contributed by atoms with Crippen LogP contribution in [0.5, 0.6) is 5.75 Å². The first-order chi connectivity index (χ1) is 11.1. The number of ether oxygens (including phenoxy) is 1. The molecule has 2 N–H and O–H groups in total. The smallest absolute Gasteiger partial charge is 0.317 e. The highest BCUT2D eigenvalue weighted by atomic mass is 16.5. The Kier molecular flexibility index (Phi) is 6.67. The van der Waals surface area contributed by atoms with E-state index in [9.17, 15) is 9.90 Å². The maximum Gasteiger partial charge on any atom is 0.317 e. The fraction of sp³-hybridized carbons (Fsp3) is 0.588. The van der Waals surface area contributed by atoms with E-state index in [1.807, 2.05) is 36.1 Å². The van der Waals surface area contributed by atoms with Gasteiger partial charge in [-0.1, -0.05) is 18.2 Å². The van der Waals surface area contributed by atoms with Gasteiger partial charge in [-0.2, -0.15) is 0 Å². The number of nitrogens with one attached hydrogen (secondary N) is 1. The minimum atomic E-state index is -0.415. The number of carbonyl (C=O) groups excluding carboxylic acids is 1. The summed E-state index contributed by atoms with van der Waals surface area (Å²) in [5, 5.41) is 12.6. The van der Waals surface area contributed by atoms with Crippen molar-refractivity contribution in [2.75, 3.05) is 39.3 Å². The molecule has 128 valence electrons. The van der Waals surface area contributed by atoms with Crippen LogP contribution in [0.1, 0.15) is 19.4 Å². The Labute approximate surface area is 138 Å². The van der Waals surface area contributed by atoms with Gasteiger partial charge in [0.25, 0.3) is 0 Å². The van der Waals surface area contributed by atoms with Crippen molar-refractivity contribution in [3.8, 4) is 5.75 Å². The number of rotatable bonds is 9. The van der Waals surface area contributed by atoms with E-state index in [0.717, 1.165) is 24.4 Å². The average molecular weight is 321 g/mol. The number of amides is 2. The van der Waals surface area contributed by atoms with Gasteiger partial charge in [-0.25, -0.2) is 4.79 Å². The summed E-state index contributed by atoms with van der Waals surface area (Å²) in [4.78, 5) is 15.6. The van der Waals surface area contributed by atoms with E-state index in [2.05, 4.69) is 10.2 Å². The number of aliphatic hydroxyl groups is 1. The van der Waals surface area contributed by atoms with Crippen molar-refractivity contribution in [1.29, 1.82) is 0 Å². The number of benzene rings is 1. The maximum absolute atomic E-state index is 11.6. The summed E-state index contributed by atoms with van der Waals surface area (Å²) in [6, 6.07) is 7.96. The van der Waals surface area contributed by atoms with E-state index in [1.54, 1.807) is 6.92 Å². The van der Waals surface area contributed by atoms with Gasteiger partial charge in [0, 0.05) is 44.8 Å². The lowest BCUT2D eigenvalue weighted by Gasteiger charge is -2.26. The van der Waals surface area contributed by atoms with Crippen LogP contribution in [0.4, 0.5) is 4.79 Å². The van der Waals surface area contributed by atoms with Crippen LogP contribution >= 0.6 is 0 Å². The molecule has 1 unspecified atom stereocenters. The molecular weight excluding hydrogens is 294 g/mol. The van der Waals surface area contributed by atoms with Crippen LogP contribution in [-0.4, -0.2) is 66.4 Å². The Morgan fingerprint density at radius 1 is 1.43 bits per heavy atom. The quantitative estimate of drug-likeness (QED) is 0.719. The third-order valence-electron chi connectivity index (χ3n) is 3.82. The van der Waals surface area contributed by atoms with E-state index >= 15 is 0 Å². The highest BCUT2D eigenvalue weighted by molar-refractivity contribution is 5.76. The summed E-state index contributed by atoms with van der Waals surface area (Å²) in [5.74, 6) is 0.879. The summed E-state index contributed by atoms with van der Waals surface area (Å²) in [7, 11) is 0. The van der Waals surface area contributed by atoms with Gasteiger partial charge in [-0.15, -0.1) is 0 Å². The third kappa shape index (κ3) is 5.41. The monoisotopic (exact) mass is 321 g/mol. The molecule has 0 saturated carbocycles. The summed E-state index contributed by atoms with van der Waals surface area (Å²) in [6.45, 7) is 8.47. The standard InChI is InChI=1S/C17H27N3O3/c1-3-23-16-7-5-4-6-15(16)13-19(12-14(2)21)10-11-20-9-8-18-17(20)22/h4-7,14,21H,3,8-13H2,1-2H3,(H,18,22). The molecule has 1 aromatic carbocycles. The van der Waals surface area contributed by atoms with E-state index in [4.69, 9.17) is 4.74 Å². The predicted octanol–water partition coefficient (Wildman–Crippen LogP) is 1.29. The highest BCUT2D eigenvalue weighted by Gasteiger charge is 2.20. The lowest BCUT2D eigenvalue weighted by molar-refractivity contribution is 0.116. The predicted molar refractivity (Wildman–Crippen MR) is 89.5 cm³/mol. The van der Waals surface area contributed by atoms with Crippen LogP contribution in [0, 0.1) is 0 Å². The molecule has 6 heteroatoms. The summed E-state index contributed by atoms with van der Waals surface area (Å²) in [5.41, 5.74) is 1.10. The second kappa shape index (κ2) is 8.74. The van der Waals surface area contributed by atoms with Crippen molar-refractivity contribution in [3.05, 3.63) is 29.8 Å². The molecule has 1 aliphatic rings. The van der Waals surface area contributed by atoms with Crippen molar-refractivity contribution in [3.63, 3.8) is 0 Å². The summed E-state index contributed by atoms with van der Waals surface area (Å²) < 4.78 is 5.67. The zero-order valence-electron chi connectivity index (χ0n) is 14.0. The molecule has 1 saturated heterocycles. The Bertz CT molecular complexity index is 508. The second-order valence-electron chi connectivity index (χ2n) is 5.84. The number of hydrogen-bond donors (Lipinski definition) is 2. The van der Waals surface area contributed by atoms with Gasteiger partial charge in [-0.3, -0.25) is 4.90 Å². The Morgan fingerprint density at radius 3 is 2.87 bits per heavy atom. The number of aliphatic hydroxyl groups excluding tert-OH is 1. The fourth-order valence-corrected chi connectivity index (χ4v) is 2.77. The van der Waals surface area contributed by atoms with Crippen molar-refractivity contribution < 1.29 is 14.6 Å². The number of para-hydroxylation sites is 1. The normalized spacial score (nSPS) is 15.8. The van der Waals surface area contributed by atoms with Gasteiger partial charge in [0.2, 0.25) is 0 Å². The van der Waals surface area contributed by atoms with Crippen molar-refractivity contribution in [1.82, 2.24) is 15.1 Å². The molecule has 0 radical (unpaired) electrons. The topological polar surface area (TPSA) is 65.0 Å². The minimum absolute atomic E-state index is 0.00304. The molecule has 0 spiro atoms. The summed E-state index contributed by atoms with van der Waals surface area (Å²) >= 11 is 0. The molecule has 0 aliphatic carbocycles. The summed E-state index contributed by atoms with van der Waals surface area (Å²) in [6.07, 6.45) is -0.415. The van der Waals surface area contributed by atoms with Gasteiger partial charge in [0.1, 0.15) is 5.75 Å². The zero-order valence-corrected chi connectivity index (χ0v) is 14.0. The molecule has 1 heterocycles. The Morgan fingerprint density at radius 2 is 2.22 bits per heavy atom. The largest absolute Gasteiger partial charge is 0.494 e. The van der Waals surface area contributed by atoms with Crippen LogP contribution in [0.3, 0.4) is 0 Å². The molecule has 2 amide bonds. The molecule has 2 rings (SSSR count). The molecule has 0 bridgehead atoms. The molecule has 6 nitrogen and oxygen atoms in total. The molecule has 1 aliphatic heterocycles. The van der Waals surface area contributed by atoms with Crippen molar-refractivity contribution in [2.24, 2.45) is 0 Å². The van der Waals surface area contributed by atoms with Gasteiger partial charge < -0.3 is 20.1 Å². The van der Waals surface area contributed by atoms with Gasteiger partial charge in [-0.05, 0) is 19.9 Å². The van der Waals surface area contributed by atoms with Gasteiger partial charge in [0.15, 0.2) is 0 Å². The van der Waals surface area contributed by atoms with E-state index in [1.165, 1.54) is 0 Å². The molecule has 1 fully saturated rings. The molecule has 23 heavy (non-hydrogen) atoms. The lowest BCUT2D eigenvalue weighted by Crippen LogP contribution is -2.39. The van der Waals surface area contributed by atoms with Crippen LogP contribution in [0.2, 0.25) is 0 Å². The molecular formula is C17H27N3O3. The first-order valence-corrected chi connectivity index (χ1v) is 8.24. The highest BCUT2D eigenvalue weighted by Crippen LogP contribution is 2.20. The number of nitrogens with zero attached hydrogens (tertiary/aromatic N) is 2. The van der Waals surface area contributed by atoms with Gasteiger partial charge in [0.05, 0.1) is 12.7 Å². The van der Waals surface area contributed by atoms with E-state index in [-0.39, 0.29) is 6.03 Å². The molecule has 0 aromatic heterocycles. The van der Waals surface area contributed by atoms with Crippen LogP contribution in [0.15, 0.2) is 24.3 Å². The number of carbonyl (C=O) groups is 1. The number of hydrogen-bond acceptors (Lipinski definition) is 4. The first kappa shape index (κ1) is 17.6. The average Bonchev–Trinajstić information content (AvgIpc) is 2.92. The van der Waals surface area contributed by atoms with Crippen molar-refractivity contribution >= 4 is 6.03 Å². The Hall–Kier alpha value is -1.79. The van der Waals surface area contributed by atoms with Gasteiger partial charge >= 0.3 is 6.03 Å². The first-order valence-electron chi connectivity index (χ1n) is 8.24. The Balaban J connectivity index is 1.99. The van der Waals surface area contributed by atoms with Crippen LogP contribution in [-0.2, 0) is 6.54 Å². The van der Waals surface area contributed by atoms with E-state index in [0.29, 0.717) is 32.8 Å². The maximum atomic E-state index is 11.6. The van der Waals surface area contributed by atoms with Crippen LogP contribution < -0.4 is 10.1 Å². The third-order valence-corrected chi connectivity index (χ3v) is 3.82. The molecule has 1 aromatic rings. The van der Waals surface area contributed by atoms with Crippen LogP contribution in [0.25, 0.3) is 0 Å². The SMILES string of the molecule is CCOc1ccccc1CN(CCN1CCNC1=O)CC(C)O. The lowest BCUT2D eigenvalue weighted by atomic mass is 10.1. The zero-order chi connectivity index (χ0) is 16.7. The molecule has 1 atom stereocenters. The number of urea groups is 1.